The number of nitrogens with zero attached hydrogens (tertiary/aromatic N) is 2. The van der Waals surface area contributed by atoms with Gasteiger partial charge in [-0.15, -0.1) is 0 Å². The Morgan fingerprint density at radius 1 is 1.19 bits per heavy atom. The summed E-state index contributed by atoms with van der Waals surface area (Å²) in [6, 6.07) is 0.799. The van der Waals surface area contributed by atoms with Crippen molar-refractivity contribution in [2.75, 3.05) is 32.8 Å². The number of rotatable bonds is 6. The molecule has 0 aromatic heterocycles. The third-order valence-electron chi connectivity index (χ3n) is 4.21. The van der Waals surface area contributed by atoms with E-state index in [0.717, 1.165) is 32.2 Å². The van der Waals surface area contributed by atoms with E-state index in [-0.39, 0.29) is 12.0 Å². The van der Waals surface area contributed by atoms with Crippen molar-refractivity contribution >= 4 is 12.0 Å². The van der Waals surface area contributed by atoms with Crippen LogP contribution in [0.15, 0.2) is 0 Å². The fourth-order valence-electron chi connectivity index (χ4n) is 2.84. The van der Waals surface area contributed by atoms with Crippen molar-refractivity contribution in [3.63, 3.8) is 0 Å². The molecule has 1 aliphatic carbocycles. The molecule has 1 heterocycles. The quantitative estimate of drug-likeness (QED) is 0.800. The monoisotopic (exact) mass is 297 g/mol. The summed E-state index contributed by atoms with van der Waals surface area (Å²) in [5.74, 6) is 0.202. The van der Waals surface area contributed by atoms with Crippen LogP contribution in [-0.2, 0) is 9.53 Å². The number of carbonyl (C=O) groups excluding carboxylic acids is 2. The molecule has 0 atom stereocenters. The Hall–Kier alpha value is -1.30. The lowest BCUT2D eigenvalue weighted by atomic mass is 10.1. The van der Waals surface area contributed by atoms with Gasteiger partial charge in [-0.1, -0.05) is 0 Å². The van der Waals surface area contributed by atoms with Crippen molar-refractivity contribution in [1.29, 1.82) is 0 Å². The van der Waals surface area contributed by atoms with Crippen LogP contribution in [0.2, 0.25) is 0 Å². The molecule has 0 spiro atoms. The second kappa shape index (κ2) is 7.64. The van der Waals surface area contributed by atoms with E-state index in [1.807, 2.05) is 18.7 Å². The Morgan fingerprint density at radius 2 is 1.86 bits per heavy atom. The molecule has 1 saturated carbocycles. The molecule has 0 radical (unpaired) electrons. The van der Waals surface area contributed by atoms with Gasteiger partial charge >= 0.3 is 6.09 Å². The number of likely N-dealkylation sites (tertiary alicyclic amines) is 1. The first kappa shape index (κ1) is 16.1. The minimum Gasteiger partial charge on any atom is -0.450 e. The van der Waals surface area contributed by atoms with Crippen molar-refractivity contribution < 1.29 is 14.3 Å². The highest BCUT2D eigenvalue weighted by atomic mass is 16.6. The summed E-state index contributed by atoms with van der Waals surface area (Å²) in [5, 5.41) is 3.34. The van der Waals surface area contributed by atoms with E-state index < -0.39 is 0 Å². The molecule has 0 bridgehead atoms. The Kier molecular flexibility index (Phi) is 5.85. The van der Waals surface area contributed by atoms with Gasteiger partial charge in [-0.05, 0) is 39.5 Å². The number of ether oxygens (including phenoxy) is 1. The summed E-state index contributed by atoms with van der Waals surface area (Å²) in [6.07, 6.45) is 3.83. The first-order valence-electron chi connectivity index (χ1n) is 8.10. The van der Waals surface area contributed by atoms with Crippen LogP contribution in [0.25, 0.3) is 0 Å². The van der Waals surface area contributed by atoms with E-state index in [1.165, 1.54) is 0 Å². The highest BCUT2D eigenvalue weighted by Gasteiger charge is 2.31. The van der Waals surface area contributed by atoms with E-state index in [2.05, 4.69) is 5.32 Å². The number of amides is 2. The third kappa shape index (κ3) is 4.59. The molecule has 6 nitrogen and oxygen atoms in total. The van der Waals surface area contributed by atoms with Crippen LogP contribution in [0.3, 0.4) is 0 Å². The summed E-state index contributed by atoms with van der Waals surface area (Å²) in [7, 11) is 0. The van der Waals surface area contributed by atoms with Crippen molar-refractivity contribution in [1.82, 2.24) is 15.1 Å². The van der Waals surface area contributed by atoms with Gasteiger partial charge in [0, 0.05) is 31.7 Å². The van der Waals surface area contributed by atoms with Gasteiger partial charge < -0.3 is 19.9 Å². The van der Waals surface area contributed by atoms with Gasteiger partial charge in [-0.2, -0.15) is 0 Å². The lowest BCUT2D eigenvalue weighted by Crippen LogP contribution is -2.48. The van der Waals surface area contributed by atoms with Crippen LogP contribution < -0.4 is 5.32 Å². The molecular formula is C15H27N3O3. The number of hydrogen-bond acceptors (Lipinski definition) is 4. The summed E-state index contributed by atoms with van der Waals surface area (Å²) in [4.78, 5) is 27.5. The minimum absolute atomic E-state index is 0.202. The first-order chi connectivity index (χ1) is 10.2. The Balaban J connectivity index is 1.66. The van der Waals surface area contributed by atoms with Crippen LogP contribution in [0, 0.1) is 0 Å². The van der Waals surface area contributed by atoms with Crippen LogP contribution in [0.4, 0.5) is 4.79 Å². The zero-order chi connectivity index (χ0) is 15.2. The van der Waals surface area contributed by atoms with Gasteiger partial charge in [0.05, 0.1) is 13.2 Å². The Morgan fingerprint density at radius 3 is 2.38 bits per heavy atom. The third-order valence-corrected chi connectivity index (χ3v) is 4.21. The molecule has 120 valence electrons. The molecule has 6 heteroatoms. The second-order valence-corrected chi connectivity index (χ2v) is 5.75. The molecular weight excluding hydrogens is 270 g/mol. The maximum atomic E-state index is 12.1. The van der Waals surface area contributed by atoms with Crippen LogP contribution in [0.5, 0.6) is 0 Å². The molecule has 0 aromatic carbocycles. The van der Waals surface area contributed by atoms with E-state index in [9.17, 15) is 9.59 Å². The molecule has 2 amide bonds. The average Bonchev–Trinajstić information content (AvgIpc) is 3.31. The predicted octanol–water partition coefficient (Wildman–Crippen LogP) is 1.21. The van der Waals surface area contributed by atoms with Gasteiger partial charge in [0.25, 0.3) is 0 Å². The van der Waals surface area contributed by atoms with Gasteiger partial charge in [-0.25, -0.2) is 4.79 Å². The molecule has 0 unspecified atom stereocenters. The standard InChI is InChI=1S/C15H27N3O3/c1-3-18(13-5-6-13)14(19)11-16-12-7-9-17(10-8-12)15(20)21-4-2/h12-13,16H,3-11H2,1-2H3. The van der Waals surface area contributed by atoms with E-state index in [1.54, 1.807) is 4.90 Å². The van der Waals surface area contributed by atoms with Crippen LogP contribution >= 0.6 is 0 Å². The van der Waals surface area contributed by atoms with E-state index in [0.29, 0.717) is 38.3 Å². The predicted molar refractivity (Wildman–Crippen MR) is 80.0 cm³/mol. The van der Waals surface area contributed by atoms with Crippen molar-refractivity contribution in [3.05, 3.63) is 0 Å². The topological polar surface area (TPSA) is 61.9 Å². The molecule has 2 aliphatic rings. The normalized spacial score (nSPS) is 19.4. The van der Waals surface area contributed by atoms with Crippen LogP contribution in [-0.4, -0.2) is 66.7 Å². The average molecular weight is 297 g/mol. The highest BCUT2D eigenvalue weighted by molar-refractivity contribution is 5.79. The molecule has 0 aromatic rings. The molecule has 1 saturated heterocycles. The zero-order valence-electron chi connectivity index (χ0n) is 13.1. The van der Waals surface area contributed by atoms with E-state index in [4.69, 9.17) is 4.74 Å². The fraction of sp³-hybridized carbons (Fsp3) is 0.867. The lowest BCUT2D eigenvalue weighted by molar-refractivity contribution is -0.130. The van der Waals surface area contributed by atoms with Crippen molar-refractivity contribution in [3.8, 4) is 0 Å². The van der Waals surface area contributed by atoms with Crippen molar-refractivity contribution in [2.24, 2.45) is 0 Å². The zero-order valence-corrected chi connectivity index (χ0v) is 13.1. The molecule has 2 rings (SSSR count). The lowest BCUT2D eigenvalue weighted by Gasteiger charge is -2.32. The largest absolute Gasteiger partial charge is 0.450 e. The molecule has 1 aliphatic heterocycles. The fourth-order valence-corrected chi connectivity index (χ4v) is 2.84. The summed E-state index contributed by atoms with van der Waals surface area (Å²) in [6.45, 7) is 6.88. The highest BCUT2D eigenvalue weighted by Crippen LogP contribution is 2.26. The molecule has 2 fully saturated rings. The minimum atomic E-state index is -0.224. The van der Waals surface area contributed by atoms with Gasteiger partial charge in [0.2, 0.25) is 5.91 Å². The summed E-state index contributed by atoms with van der Waals surface area (Å²) < 4.78 is 5.00. The van der Waals surface area contributed by atoms with Gasteiger partial charge in [0.15, 0.2) is 0 Å². The van der Waals surface area contributed by atoms with Crippen LogP contribution in [0.1, 0.15) is 39.5 Å². The smallest absolute Gasteiger partial charge is 0.409 e. The number of hydrogen-bond donors (Lipinski definition) is 1. The second-order valence-electron chi connectivity index (χ2n) is 5.75. The maximum absolute atomic E-state index is 12.1. The Labute approximate surface area is 126 Å². The van der Waals surface area contributed by atoms with Crippen molar-refractivity contribution in [2.45, 2.75) is 51.6 Å². The van der Waals surface area contributed by atoms with Gasteiger partial charge in [0.1, 0.15) is 0 Å². The molecule has 21 heavy (non-hydrogen) atoms. The SMILES string of the molecule is CCOC(=O)N1CCC(NCC(=O)N(CC)C2CC2)CC1. The number of likely N-dealkylation sites (N-methyl/N-ethyl adjacent to an activating group) is 1. The summed E-state index contributed by atoms with van der Waals surface area (Å²) in [5.41, 5.74) is 0. The number of piperidine rings is 1. The Bertz CT molecular complexity index is 363. The number of carbonyl (C=O) groups is 2. The van der Waals surface area contributed by atoms with Gasteiger partial charge in [-0.3, -0.25) is 4.79 Å². The van der Waals surface area contributed by atoms with E-state index >= 15 is 0 Å². The maximum Gasteiger partial charge on any atom is 0.409 e. The molecule has 1 N–H and O–H groups in total. The first-order valence-corrected chi connectivity index (χ1v) is 8.10. The summed E-state index contributed by atoms with van der Waals surface area (Å²) >= 11 is 0. The number of nitrogens with one attached hydrogen (secondary N) is 1.